The Bertz CT molecular complexity index is 506. The highest BCUT2D eigenvalue weighted by Crippen LogP contribution is 2.28. The van der Waals surface area contributed by atoms with E-state index in [4.69, 9.17) is 5.11 Å². The van der Waals surface area contributed by atoms with Crippen LogP contribution in [0.15, 0.2) is 6.20 Å². The molecule has 0 saturated heterocycles. The number of amides is 1. The molecule has 1 aliphatic carbocycles. The number of aromatic nitrogens is 3. The summed E-state index contributed by atoms with van der Waals surface area (Å²) in [6.45, 7) is 2.25. The highest BCUT2D eigenvalue weighted by atomic mass is 16.4. The summed E-state index contributed by atoms with van der Waals surface area (Å²) in [5.74, 6) is -0.407. The van der Waals surface area contributed by atoms with Crippen LogP contribution in [0.1, 0.15) is 49.5 Å². The van der Waals surface area contributed by atoms with Crippen molar-refractivity contribution in [3.05, 3.63) is 11.9 Å². The van der Waals surface area contributed by atoms with Crippen LogP contribution in [0.3, 0.4) is 0 Å². The van der Waals surface area contributed by atoms with Crippen LogP contribution in [0.2, 0.25) is 0 Å². The van der Waals surface area contributed by atoms with E-state index >= 15 is 0 Å². The van der Waals surface area contributed by atoms with Gasteiger partial charge in [-0.1, -0.05) is 18.6 Å². The van der Waals surface area contributed by atoms with Crippen molar-refractivity contribution < 1.29 is 14.7 Å². The first-order chi connectivity index (χ1) is 10.0. The lowest BCUT2D eigenvalue weighted by Gasteiger charge is -2.34. The number of aromatic carboxylic acids is 1. The molecule has 0 atom stereocenters. The maximum Gasteiger partial charge on any atom is 0.358 e. The number of carbonyl (C=O) groups is 2. The zero-order chi connectivity index (χ0) is 15.4. The van der Waals surface area contributed by atoms with E-state index in [2.05, 4.69) is 17.2 Å². The first-order valence-corrected chi connectivity index (χ1v) is 7.40. The molecule has 7 heteroatoms. The van der Waals surface area contributed by atoms with Crippen molar-refractivity contribution in [1.82, 2.24) is 19.9 Å². The predicted octanol–water partition coefficient (Wildman–Crippen LogP) is 1.40. The smallest absolute Gasteiger partial charge is 0.358 e. The summed E-state index contributed by atoms with van der Waals surface area (Å²) in [5, 5.41) is 16.0. The van der Waals surface area contributed by atoms with E-state index in [-0.39, 0.29) is 24.2 Å². The largest absolute Gasteiger partial charge is 0.476 e. The number of carboxylic acid groups (broad SMARTS) is 1. The Labute approximate surface area is 123 Å². The molecule has 1 aromatic rings. The summed E-state index contributed by atoms with van der Waals surface area (Å²) in [6.07, 6.45) is 6.91. The van der Waals surface area contributed by atoms with Gasteiger partial charge in [0.2, 0.25) is 5.91 Å². The van der Waals surface area contributed by atoms with Crippen LogP contribution in [0.25, 0.3) is 0 Å². The first-order valence-electron chi connectivity index (χ1n) is 7.40. The molecule has 1 fully saturated rings. The molecule has 0 unspecified atom stereocenters. The quantitative estimate of drug-likeness (QED) is 0.887. The molecule has 0 bridgehead atoms. The van der Waals surface area contributed by atoms with E-state index in [0.717, 1.165) is 18.8 Å². The average Bonchev–Trinajstić information content (AvgIpc) is 2.95. The minimum atomic E-state index is -1.14. The molecule has 1 aliphatic rings. The van der Waals surface area contributed by atoms with Crippen LogP contribution in [-0.2, 0) is 11.3 Å². The van der Waals surface area contributed by atoms with Gasteiger partial charge in [0, 0.05) is 13.1 Å². The second-order valence-corrected chi connectivity index (χ2v) is 5.69. The minimum absolute atomic E-state index is 0.0322. The zero-order valence-electron chi connectivity index (χ0n) is 12.5. The Morgan fingerprint density at radius 3 is 2.57 bits per heavy atom. The Hall–Kier alpha value is -1.92. The van der Waals surface area contributed by atoms with Crippen molar-refractivity contribution >= 4 is 11.9 Å². The third-order valence-electron chi connectivity index (χ3n) is 4.39. The number of rotatable bonds is 5. The molecule has 7 nitrogen and oxygen atoms in total. The molecular formula is C14H22N4O3. The molecule has 2 rings (SSSR count). The molecule has 1 amide bonds. The van der Waals surface area contributed by atoms with Crippen molar-refractivity contribution in [3.63, 3.8) is 0 Å². The van der Waals surface area contributed by atoms with Gasteiger partial charge >= 0.3 is 5.97 Å². The number of carbonyl (C=O) groups excluding carboxylic acids is 1. The fourth-order valence-electron chi connectivity index (χ4n) is 2.87. The zero-order valence-corrected chi connectivity index (χ0v) is 12.5. The van der Waals surface area contributed by atoms with E-state index in [1.54, 1.807) is 4.90 Å². The molecule has 1 heterocycles. The van der Waals surface area contributed by atoms with Gasteiger partial charge in [0.05, 0.1) is 6.20 Å². The molecule has 116 valence electrons. The molecule has 0 spiro atoms. The van der Waals surface area contributed by atoms with Crippen molar-refractivity contribution in [2.75, 3.05) is 7.05 Å². The molecule has 1 saturated carbocycles. The highest BCUT2D eigenvalue weighted by Gasteiger charge is 2.26. The van der Waals surface area contributed by atoms with Crippen LogP contribution in [0, 0.1) is 5.92 Å². The Morgan fingerprint density at radius 1 is 1.38 bits per heavy atom. The van der Waals surface area contributed by atoms with E-state index in [0.29, 0.717) is 0 Å². The van der Waals surface area contributed by atoms with Gasteiger partial charge in [-0.05, 0) is 31.6 Å². The standard InChI is InChI=1S/C14H22N4O3/c1-3-10-4-6-11(7-5-10)17(2)13(19)9-18-8-12(14(20)21)15-16-18/h8,10-11H,3-7,9H2,1-2H3,(H,20,21). The number of hydrogen-bond acceptors (Lipinski definition) is 4. The van der Waals surface area contributed by atoms with Gasteiger partial charge in [-0.25, -0.2) is 9.48 Å². The van der Waals surface area contributed by atoms with Gasteiger partial charge in [0.1, 0.15) is 6.54 Å². The lowest BCUT2D eigenvalue weighted by atomic mass is 9.84. The van der Waals surface area contributed by atoms with Gasteiger partial charge in [-0.15, -0.1) is 5.10 Å². The summed E-state index contributed by atoms with van der Waals surface area (Å²) in [4.78, 5) is 24.7. The van der Waals surface area contributed by atoms with Crippen molar-refractivity contribution in [3.8, 4) is 0 Å². The summed E-state index contributed by atoms with van der Waals surface area (Å²) in [6, 6.07) is 0.280. The van der Waals surface area contributed by atoms with Gasteiger partial charge in [0.25, 0.3) is 0 Å². The number of nitrogens with zero attached hydrogens (tertiary/aromatic N) is 4. The SMILES string of the molecule is CCC1CCC(N(C)C(=O)Cn2cc(C(=O)O)nn2)CC1. The van der Waals surface area contributed by atoms with Crippen LogP contribution in [0.5, 0.6) is 0 Å². The Kier molecular flexibility index (Phi) is 4.93. The molecule has 0 radical (unpaired) electrons. The summed E-state index contributed by atoms with van der Waals surface area (Å²) < 4.78 is 1.28. The second-order valence-electron chi connectivity index (χ2n) is 5.69. The number of hydrogen-bond donors (Lipinski definition) is 1. The fourth-order valence-corrected chi connectivity index (χ4v) is 2.87. The van der Waals surface area contributed by atoms with Gasteiger partial charge in [-0.3, -0.25) is 4.79 Å². The molecule has 1 aromatic heterocycles. The Balaban J connectivity index is 1.89. The predicted molar refractivity (Wildman–Crippen MR) is 75.8 cm³/mol. The molecule has 1 N–H and O–H groups in total. The second kappa shape index (κ2) is 6.69. The third kappa shape index (κ3) is 3.80. The van der Waals surface area contributed by atoms with Gasteiger partial charge in [-0.2, -0.15) is 0 Å². The molecule has 21 heavy (non-hydrogen) atoms. The van der Waals surface area contributed by atoms with E-state index in [1.165, 1.54) is 30.1 Å². The van der Waals surface area contributed by atoms with Gasteiger partial charge in [0.15, 0.2) is 5.69 Å². The molecule has 0 aliphatic heterocycles. The number of carboxylic acids is 1. The van der Waals surface area contributed by atoms with E-state index < -0.39 is 5.97 Å². The summed E-state index contributed by atoms with van der Waals surface area (Å²) >= 11 is 0. The number of likely N-dealkylation sites (N-methyl/N-ethyl adjacent to an activating group) is 1. The lowest BCUT2D eigenvalue weighted by molar-refractivity contribution is -0.133. The van der Waals surface area contributed by atoms with Crippen molar-refractivity contribution in [2.24, 2.45) is 5.92 Å². The van der Waals surface area contributed by atoms with Crippen LogP contribution in [0.4, 0.5) is 0 Å². The third-order valence-corrected chi connectivity index (χ3v) is 4.39. The summed E-state index contributed by atoms with van der Waals surface area (Å²) in [7, 11) is 1.81. The fraction of sp³-hybridized carbons (Fsp3) is 0.714. The maximum atomic E-state index is 12.2. The van der Waals surface area contributed by atoms with Crippen molar-refractivity contribution in [2.45, 2.75) is 51.6 Å². The van der Waals surface area contributed by atoms with Crippen LogP contribution in [-0.4, -0.2) is 50.0 Å². The monoisotopic (exact) mass is 294 g/mol. The van der Waals surface area contributed by atoms with Gasteiger partial charge < -0.3 is 10.0 Å². The van der Waals surface area contributed by atoms with E-state index in [9.17, 15) is 9.59 Å². The average molecular weight is 294 g/mol. The molecular weight excluding hydrogens is 272 g/mol. The van der Waals surface area contributed by atoms with E-state index in [1.807, 2.05) is 7.05 Å². The van der Waals surface area contributed by atoms with Crippen LogP contribution < -0.4 is 0 Å². The first kappa shape index (κ1) is 15.5. The van der Waals surface area contributed by atoms with Crippen LogP contribution >= 0.6 is 0 Å². The minimum Gasteiger partial charge on any atom is -0.476 e. The van der Waals surface area contributed by atoms with Crippen molar-refractivity contribution in [1.29, 1.82) is 0 Å². The summed E-state index contributed by atoms with van der Waals surface area (Å²) in [5.41, 5.74) is -0.145. The molecule has 0 aromatic carbocycles. The Morgan fingerprint density at radius 2 is 2.05 bits per heavy atom. The highest BCUT2D eigenvalue weighted by molar-refractivity contribution is 5.84. The maximum absolute atomic E-state index is 12.2. The topological polar surface area (TPSA) is 88.3 Å². The lowest BCUT2D eigenvalue weighted by Crippen LogP contribution is -2.41. The normalized spacial score (nSPS) is 22.0.